The van der Waals surface area contributed by atoms with Crippen molar-refractivity contribution in [1.82, 2.24) is 15.3 Å². The standard InChI is InChI=1S/C19H17F4N3O2/c1-2-15-24-14(8-16(27)25-15)17(28)26-18(10-5-6-11(10)18)9-3-4-12(13(20)7-9)19(21,22)23/h3-4,7-8,10-11H,2,5-6H2,1H3,(H,26,28)(H,24,25,27). The molecular weight excluding hydrogens is 378 g/mol. The summed E-state index contributed by atoms with van der Waals surface area (Å²) in [5.74, 6) is -1.53. The fourth-order valence-electron chi connectivity index (χ4n) is 4.23. The molecule has 1 amide bonds. The van der Waals surface area contributed by atoms with E-state index >= 15 is 0 Å². The number of alkyl halides is 3. The molecule has 0 saturated heterocycles. The van der Waals surface area contributed by atoms with E-state index in [0.717, 1.165) is 25.0 Å². The van der Waals surface area contributed by atoms with Crippen molar-refractivity contribution < 1.29 is 22.4 Å². The third-order valence-electron chi connectivity index (χ3n) is 5.77. The number of hydrogen-bond acceptors (Lipinski definition) is 3. The molecule has 2 aliphatic rings. The van der Waals surface area contributed by atoms with E-state index in [1.807, 2.05) is 0 Å². The van der Waals surface area contributed by atoms with Gasteiger partial charge in [-0.05, 0) is 42.4 Å². The summed E-state index contributed by atoms with van der Waals surface area (Å²) in [5, 5.41) is 2.82. The van der Waals surface area contributed by atoms with E-state index in [2.05, 4.69) is 15.3 Å². The number of amides is 1. The number of halogens is 4. The lowest BCUT2D eigenvalue weighted by Crippen LogP contribution is -2.38. The largest absolute Gasteiger partial charge is 0.419 e. The Morgan fingerprint density at radius 2 is 1.96 bits per heavy atom. The molecule has 2 atom stereocenters. The van der Waals surface area contributed by atoms with Crippen LogP contribution in [-0.4, -0.2) is 15.9 Å². The average molecular weight is 395 g/mol. The fraction of sp³-hybridized carbons (Fsp3) is 0.421. The Morgan fingerprint density at radius 3 is 2.50 bits per heavy atom. The van der Waals surface area contributed by atoms with Gasteiger partial charge in [0.05, 0.1) is 11.1 Å². The predicted octanol–water partition coefficient (Wildman–Crippen LogP) is 3.16. The van der Waals surface area contributed by atoms with Crippen LogP contribution >= 0.6 is 0 Å². The predicted molar refractivity (Wildman–Crippen MR) is 91.0 cm³/mol. The van der Waals surface area contributed by atoms with Crippen molar-refractivity contribution in [3.8, 4) is 0 Å². The van der Waals surface area contributed by atoms with Gasteiger partial charge in [-0.3, -0.25) is 9.59 Å². The normalized spacial score (nSPS) is 25.6. The minimum atomic E-state index is -4.78. The minimum Gasteiger partial charge on any atom is -0.341 e. The first-order valence-electron chi connectivity index (χ1n) is 8.96. The summed E-state index contributed by atoms with van der Waals surface area (Å²) >= 11 is 0. The van der Waals surface area contributed by atoms with Gasteiger partial charge in [0.1, 0.15) is 17.3 Å². The first kappa shape index (κ1) is 18.6. The smallest absolute Gasteiger partial charge is 0.341 e. The van der Waals surface area contributed by atoms with Crippen molar-refractivity contribution in [1.29, 1.82) is 0 Å². The van der Waals surface area contributed by atoms with Crippen molar-refractivity contribution in [2.24, 2.45) is 11.8 Å². The maximum atomic E-state index is 14.1. The molecule has 2 N–H and O–H groups in total. The van der Waals surface area contributed by atoms with Crippen LogP contribution in [0.3, 0.4) is 0 Å². The number of aromatic amines is 1. The van der Waals surface area contributed by atoms with Crippen LogP contribution in [0.5, 0.6) is 0 Å². The highest BCUT2D eigenvalue weighted by atomic mass is 19.4. The second-order valence-electron chi connectivity index (χ2n) is 7.24. The first-order chi connectivity index (χ1) is 13.2. The van der Waals surface area contributed by atoms with Gasteiger partial charge < -0.3 is 10.3 Å². The maximum Gasteiger partial charge on any atom is 0.419 e. The Morgan fingerprint density at radius 1 is 1.29 bits per heavy atom. The summed E-state index contributed by atoms with van der Waals surface area (Å²) in [6, 6.07) is 3.84. The lowest BCUT2D eigenvalue weighted by Gasteiger charge is -2.20. The van der Waals surface area contributed by atoms with E-state index in [0.29, 0.717) is 23.9 Å². The summed E-state index contributed by atoms with van der Waals surface area (Å²) in [5.41, 5.74) is -2.49. The van der Waals surface area contributed by atoms with Crippen LogP contribution in [0.15, 0.2) is 29.1 Å². The minimum absolute atomic E-state index is 0.0419. The molecule has 0 bridgehead atoms. The van der Waals surface area contributed by atoms with Crippen molar-refractivity contribution in [2.75, 3.05) is 0 Å². The molecule has 0 spiro atoms. The van der Waals surface area contributed by atoms with Gasteiger partial charge in [0, 0.05) is 12.5 Å². The van der Waals surface area contributed by atoms with Crippen molar-refractivity contribution in [3.63, 3.8) is 0 Å². The fourth-order valence-corrected chi connectivity index (χ4v) is 4.23. The van der Waals surface area contributed by atoms with Crippen LogP contribution in [0.1, 0.15) is 47.2 Å². The van der Waals surface area contributed by atoms with Gasteiger partial charge >= 0.3 is 6.18 Å². The molecule has 2 aliphatic carbocycles. The molecule has 1 aromatic carbocycles. The highest BCUT2D eigenvalue weighted by Crippen LogP contribution is 2.69. The Labute approximate surface area is 157 Å². The van der Waals surface area contributed by atoms with Crippen LogP contribution in [-0.2, 0) is 18.1 Å². The molecule has 2 fully saturated rings. The van der Waals surface area contributed by atoms with Gasteiger partial charge in [0.2, 0.25) is 0 Å². The van der Waals surface area contributed by atoms with Gasteiger partial charge in [0.25, 0.3) is 11.5 Å². The molecule has 9 heteroatoms. The summed E-state index contributed by atoms with van der Waals surface area (Å²) in [6.45, 7) is 1.77. The molecule has 148 valence electrons. The number of hydrogen-bond donors (Lipinski definition) is 2. The quantitative estimate of drug-likeness (QED) is 0.781. The van der Waals surface area contributed by atoms with E-state index in [1.165, 1.54) is 6.07 Å². The van der Waals surface area contributed by atoms with E-state index in [4.69, 9.17) is 0 Å². The Bertz CT molecular complexity index is 1000. The number of aryl methyl sites for hydroxylation is 1. The van der Waals surface area contributed by atoms with Gasteiger partial charge in [-0.25, -0.2) is 9.37 Å². The van der Waals surface area contributed by atoms with E-state index in [9.17, 15) is 27.2 Å². The highest BCUT2D eigenvalue weighted by Gasteiger charge is 2.71. The topological polar surface area (TPSA) is 74.8 Å². The first-order valence-corrected chi connectivity index (χ1v) is 8.96. The van der Waals surface area contributed by atoms with Crippen molar-refractivity contribution in [3.05, 3.63) is 63.1 Å². The highest BCUT2D eigenvalue weighted by molar-refractivity contribution is 5.93. The summed E-state index contributed by atoms with van der Waals surface area (Å²) < 4.78 is 52.6. The Balaban J connectivity index is 1.67. The Hall–Kier alpha value is -2.71. The summed E-state index contributed by atoms with van der Waals surface area (Å²) in [4.78, 5) is 31.1. The van der Waals surface area contributed by atoms with E-state index < -0.39 is 34.6 Å². The molecular formula is C19H17F4N3O2. The monoisotopic (exact) mass is 395 g/mol. The number of rotatable bonds is 4. The van der Waals surface area contributed by atoms with Crippen LogP contribution in [0, 0.1) is 17.7 Å². The van der Waals surface area contributed by atoms with Crippen LogP contribution in [0.2, 0.25) is 0 Å². The molecule has 2 unspecified atom stereocenters. The van der Waals surface area contributed by atoms with Gasteiger partial charge in [0.15, 0.2) is 0 Å². The van der Waals surface area contributed by atoms with Crippen LogP contribution < -0.4 is 10.9 Å². The summed E-state index contributed by atoms with van der Waals surface area (Å²) in [6.07, 6.45) is -2.78. The van der Waals surface area contributed by atoms with Crippen molar-refractivity contribution in [2.45, 2.75) is 37.9 Å². The molecule has 1 aromatic heterocycles. The van der Waals surface area contributed by atoms with Crippen molar-refractivity contribution >= 4 is 5.91 Å². The molecule has 0 radical (unpaired) electrons. The number of nitrogens with zero attached hydrogens (tertiary/aromatic N) is 1. The zero-order valence-electron chi connectivity index (χ0n) is 14.9. The number of carbonyl (C=O) groups excluding carboxylic acids is 1. The molecule has 2 saturated carbocycles. The molecule has 5 nitrogen and oxygen atoms in total. The van der Waals surface area contributed by atoms with Gasteiger partial charge in [-0.1, -0.05) is 13.0 Å². The van der Waals surface area contributed by atoms with Crippen LogP contribution in [0.4, 0.5) is 17.6 Å². The average Bonchev–Trinajstić information content (AvgIpc) is 3.06. The molecule has 1 heterocycles. The van der Waals surface area contributed by atoms with Crippen LogP contribution in [0.25, 0.3) is 0 Å². The second-order valence-corrected chi connectivity index (χ2v) is 7.24. The van der Waals surface area contributed by atoms with E-state index in [-0.39, 0.29) is 17.5 Å². The number of aromatic nitrogens is 2. The second kappa shape index (κ2) is 6.15. The maximum absolute atomic E-state index is 14.1. The third kappa shape index (κ3) is 2.80. The lowest BCUT2D eigenvalue weighted by atomic mass is 9.99. The van der Waals surface area contributed by atoms with E-state index in [1.54, 1.807) is 6.92 Å². The molecule has 0 aliphatic heterocycles. The Kier molecular flexibility index (Phi) is 4.09. The lowest BCUT2D eigenvalue weighted by molar-refractivity contribution is -0.140. The van der Waals surface area contributed by atoms with Gasteiger partial charge in [-0.2, -0.15) is 13.2 Å². The number of benzene rings is 1. The number of carbonyl (C=O) groups is 1. The zero-order valence-corrected chi connectivity index (χ0v) is 14.9. The van der Waals surface area contributed by atoms with Gasteiger partial charge in [-0.15, -0.1) is 0 Å². The number of fused-ring (bicyclic) bond motifs is 1. The molecule has 4 rings (SSSR count). The SMILES string of the molecule is CCc1nc(C(=O)NC2(c3ccc(C(F)(F)F)c(F)c3)C3CCC32)cc(=O)[nH]1. The number of nitrogens with one attached hydrogen (secondary N) is 2. The molecule has 2 aromatic rings. The summed E-state index contributed by atoms with van der Waals surface area (Å²) in [7, 11) is 0. The zero-order chi connectivity index (χ0) is 20.3. The molecule has 28 heavy (non-hydrogen) atoms. The number of H-pyrrole nitrogens is 1. The third-order valence-corrected chi connectivity index (χ3v) is 5.77.